The van der Waals surface area contributed by atoms with Gasteiger partial charge in [0.05, 0.1) is 12.5 Å². The number of carbonyl (C=O) groups excluding carboxylic acids is 2. The Morgan fingerprint density at radius 3 is 2.67 bits per heavy atom. The van der Waals surface area contributed by atoms with Crippen LogP contribution in [-0.4, -0.2) is 45.9 Å². The van der Waals surface area contributed by atoms with Gasteiger partial charge in [0.25, 0.3) is 5.91 Å². The molecular weight excluding hydrogens is 225 g/mol. The Bertz CT molecular complexity index is 323. The Labute approximate surface area is 86.1 Å². The normalized spacial score (nSPS) is 22.2. The lowest BCUT2D eigenvalue weighted by Crippen LogP contribution is -2.32. The van der Waals surface area contributed by atoms with Crippen LogP contribution in [0.15, 0.2) is 0 Å². The van der Waals surface area contributed by atoms with Crippen molar-refractivity contribution in [3.63, 3.8) is 0 Å². The van der Waals surface area contributed by atoms with Crippen LogP contribution in [0.5, 0.6) is 0 Å². The minimum absolute atomic E-state index is 0.196. The highest BCUT2D eigenvalue weighted by atomic mass is 31.2. The molecule has 1 atom stereocenters. The molecule has 8 heteroatoms. The third-order valence-electron chi connectivity index (χ3n) is 1.85. The van der Waals surface area contributed by atoms with E-state index >= 15 is 0 Å². The van der Waals surface area contributed by atoms with Crippen LogP contribution in [0.1, 0.15) is 6.92 Å². The van der Waals surface area contributed by atoms with E-state index in [0.29, 0.717) is 0 Å². The zero-order valence-electron chi connectivity index (χ0n) is 8.12. The van der Waals surface area contributed by atoms with Gasteiger partial charge in [0.1, 0.15) is 12.7 Å². The molecule has 2 N–H and O–H groups in total. The van der Waals surface area contributed by atoms with Gasteiger partial charge < -0.3 is 9.79 Å². The van der Waals surface area contributed by atoms with E-state index < -0.39 is 26.1 Å². The van der Waals surface area contributed by atoms with Gasteiger partial charge in [-0.1, -0.05) is 6.92 Å². The van der Waals surface area contributed by atoms with E-state index in [4.69, 9.17) is 14.6 Å². The molecule has 0 saturated carbocycles. The standard InChI is InChI=1S/C7H12NO6P/c1-5-3-14-8(7(5)10)2-6(9)4-15(11,12)13/h5H,2-4H2,1H3,(H2,11,12,13). The molecule has 1 aliphatic rings. The number of hydroxylamine groups is 2. The summed E-state index contributed by atoms with van der Waals surface area (Å²) in [6.07, 6.45) is -0.867. The molecule has 1 unspecified atom stereocenters. The third-order valence-corrected chi connectivity index (χ3v) is 2.61. The van der Waals surface area contributed by atoms with Crippen LogP contribution in [0, 0.1) is 5.92 Å². The summed E-state index contributed by atoms with van der Waals surface area (Å²) in [4.78, 5) is 44.3. The second kappa shape index (κ2) is 4.40. The van der Waals surface area contributed by atoms with Crippen LogP contribution in [0.3, 0.4) is 0 Å². The summed E-state index contributed by atoms with van der Waals surface area (Å²) in [5.41, 5.74) is 0. The number of carbonyl (C=O) groups is 2. The van der Waals surface area contributed by atoms with Crippen molar-refractivity contribution in [2.75, 3.05) is 19.3 Å². The summed E-state index contributed by atoms with van der Waals surface area (Å²) >= 11 is 0. The molecule has 0 bridgehead atoms. The molecule has 1 heterocycles. The molecular formula is C7H12NO6P. The number of hydrogen-bond acceptors (Lipinski definition) is 4. The summed E-state index contributed by atoms with van der Waals surface area (Å²) in [5, 5.41) is 0.850. The van der Waals surface area contributed by atoms with Crippen molar-refractivity contribution in [1.29, 1.82) is 0 Å². The molecule has 1 fully saturated rings. The van der Waals surface area contributed by atoms with E-state index in [2.05, 4.69) is 0 Å². The summed E-state index contributed by atoms with van der Waals surface area (Å²) in [5.74, 6) is -1.37. The van der Waals surface area contributed by atoms with Crippen LogP contribution in [0.25, 0.3) is 0 Å². The van der Waals surface area contributed by atoms with E-state index in [-0.39, 0.29) is 18.4 Å². The fourth-order valence-electron chi connectivity index (χ4n) is 1.15. The molecule has 0 aromatic heterocycles. The average Bonchev–Trinajstić information content (AvgIpc) is 2.32. The van der Waals surface area contributed by atoms with E-state index in [9.17, 15) is 14.2 Å². The highest BCUT2D eigenvalue weighted by Gasteiger charge is 2.32. The van der Waals surface area contributed by atoms with Crippen molar-refractivity contribution in [3.05, 3.63) is 0 Å². The van der Waals surface area contributed by atoms with Crippen molar-refractivity contribution >= 4 is 19.3 Å². The largest absolute Gasteiger partial charge is 0.333 e. The maximum absolute atomic E-state index is 11.3. The monoisotopic (exact) mass is 237 g/mol. The van der Waals surface area contributed by atoms with Gasteiger partial charge in [-0.3, -0.25) is 19.0 Å². The van der Waals surface area contributed by atoms with Crippen molar-refractivity contribution in [3.8, 4) is 0 Å². The predicted octanol–water partition coefficient (Wildman–Crippen LogP) is -0.857. The smallest absolute Gasteiger partial charge is 0.324 e. The van der Waals surface area contributed by atoms with Gasteiger partial charge in [0.15, 0.2) is 5.78 Å². The molecule has 0 spiro atoms. The molecule has 0 aromatic rings. The minimum Gasteiger partial charge on any atom is -0.324 e. The first kappa shape index (κ1) is 12.3. The number of hydrogen-bond donors (Lipinski definition) is 2. The van der Waals surface area contributed by atoms with Gasteiger partial charge in [0, 0.05) is 0 Å². The second-order valence-electron chi connectivity index (χ2n) is 3.43. The first-order valence-electron chi connectivity index (χ1n) is 4.30. The first-order valence-corrected chi connectivity index (χ1v) is 6.10. The molecule has 15 heavy (non-hydrogen) atoms. The van der Waals surface area contributed by atoms with Crippen LogP contribution in [0.2, 0.25) is 0 Å². The lowest BCUT2D eigenvalue weighted by atomic mass is 10.2. The van der Waals surface area contributed by atoms with Crippen molar-refractivity contribution < 1.29 is 28.8 Å². The van der Waals surface area contributed by atoms with E-state index in [1.807, 2.05) is 0 Å². The zero-order chi connectivity index (χ0) is 11.6. The summed E-state index contributed by atoms with van der Waals surface area (Å²) in [6, 6.07) is 0. The molecule has 1 saturated heterocycles. The van der Waals surface area contributed by atoms with Gasteiger partial charge in [-0.2, -0.15) is 0 Å². The number of amides is 1. The van der Waals surface area contributed by atoms with Crippen LogP contribution in [-0.2, 0) is 19.0 Å². The fraction of sp³-hybridized carbons (Fsp3) is 0.714. The molecule has 1 amide bonds. The fourth-order valence-corrected chi connectivity index (χ4v) is 1.71. The average molecular weight is 237 g/mol. The summed E-state index contributed by atoms with van der Waals surface area (Å²) < 4.78 is 10.5. The molecule has 7 nitrogen and oxygen atoms in total. The quantitative estimate of drug-likeness (QED) is 0.617. The highest BCUT2D eigenvalue weighted by molar-refractivity contribution is 7.52. The predicted molar refractivity (Wildman–Crippen MR) is 48.7 cm³/mol. The maximum Gasteiger partial charge on any atom is 0.333 e. The van der Waals surface area contributed by atoms with Gasteiger partial charge in [-0.15, -0.1) is 0 Å². The molecule has 0 aliphatic carbocycles. The Balaban J connectivity index is 2.46. The van der Waals surface area contributed by atoms with E-state index in [1.54, 1.807) is 6.92 Å². The topological polar surface area (TPSA) is 104 Å². The van der Waals surface area contributed by atoms with Crippen LogP contribution < -0.4 is 0 Å². The van der Waals surface area contributed by atoms with Crippen LogP contribution in [0.4, 0.5) is 0 Å². The van der Waals surface area contributed by atoms with Gasteiger partial charge >= 0.3 is 7.60 Å². The minimum atomic E-state index is -4.36. The maximum atomic E-state index is 11.3. The first-order chi connectivity index (χ1) is 6.79. The van der Waals surface area contributed by atoms with Crippen molar-refractivity contribution in [2.45, 2.75) is 6.92 Å². The molecule has 86 valence electrons. The zero-order valence-corrected chi connectivity index (χ0v) is 9.01. The SMILES string of the molecule is CC1CON(CC(=O)CP(=O)(O)O)C1=O. The molecule has 1 aliphatic heterocycles. The summed E-state index contributed by atoms with van der Waals surface area (Å²) in [7, 11) is -4.36. The highest BCUT2D eigenvalue weighted by Crippen LogP contribution is 2.33. The Kier molecular flexibility index (Phi) is 3.62. The number of ketones is 1. The van der Waals surface area contributed by atoms with Crippen molar-refractivity contribution in [2.24, 2.45) is 5.92 Å². The lowest BCUT2D eigenvalue weighted by Gasteiger charge is -2.13. The van der Waals surface area contributed by atoms with E-state index in [1.165, 1.54) is 0 Å². The van der Waals surface area contributed by atoms with Gasteiger partial charge in [-0.25, -0.2) is 5.06 Å². The number of rotatable bonds is 4. The third kappa shape index (κ3) is 3.71. The van der Waals surface area contributed by atoms with E-state index in [0.717, 1.165) is 5.06 Å². The Hall–Kier alpha value is -0.750. The lowest BCUT2D eigenvalue weighted by molar-refractivity contribution is -0.165. The Morgan fingerprint density at radius 1 is 1.67 bits per heavy atom. The number of Topliss-reactive ketones (excluding diaryl/α,β-unsaturated/α-hetero) is 1. The van der Waals surface area contributed by atoms with Crippen molar-refractivity contribution in [1.82, 2.24) is 5.06 Å². The summed E-state index contributed by atoms with van der Waals surface area (Å²) in [6.45, 7) is 1.44. The number of nitrogens with zero attached hydrogens (tertiary/aromatic N) is 1. The molecule has 1 rings (SSSR count). The van der Waals surface area contributed by atoms with Crippen LogP contribution >= 0.6 is 7.60 Å². The Morgan fingerprint density at radius 2 is 2.27 bits per heavy atom. The molecule has 0 aromatic carbocycles. The van der Waals surface area contributed by atoms with Gasteiger partial charge in [-0.05, 0) is 0 Å². The second-order valence-corrected chi connectivity index (χ2v) is 5.08. The van der Waals surface area contributed by atoms with Gasteiger partial charge in [0.2, 0.25) is 0 Å². The molecule has 0 radical (unpaired) electrons.